The molecule has 7 heteroatoms. The van der Waals surface area contributed by atoms with Gasteiger partial charge in [0.2, 0.25) is 0 Å². The molecular weight excluding hydrogens is 473 g/mol. The van der Waals surface area contributed by atoms with E-state index in [0.717, 1.165) is 38.8 Å². The molecule has 3 aromatic heterocycles. The van der Waals surface area contributed by atoms with E-state index in [1.165, 1.54) is 11.3 Å². The normalized spacial score (nSPS) is 12.5. The van der Waals surface area contributed by atoms with Gasteiger partial charge >= 0.3 is 0 Å². The van der Waals surface area contributed by atoms with Gasteiger partial charge in [0.05, 0.1) is 15.6 Å². The van der Waals surface area contributed by atoms with Crippen LogP contribution in [0.25, 0.3) is 33.0 Å². The van der Waals surface area contributed by atoms with Gasteiger partial charge in [-0.25, -0.2) is 9.38 Å². The molecule has 0 amide bonds. The van der Waals surface area contributed by atoms with Gasteiger partial charge in [-0.1, -0.05) is 70.9 Å². The van der Waals surface area contributed by atoms with Crippen LogP contribution in [-0.4, -0.2) is 14.0 Å². The number of thiazole rings is 1. The van der Waals surface area contributed by atoms with E-state index in [1.54, 1.807) is 10.5 Å². The van der Waals surface area contributed by atoms with Gasteiger partial charge in [0.1, 0.15) is 0 Å². The van der Waals surface area contributed by atoms with Crippen LogP contribution in [0.1, 0.15) is 16.8 Å². The van der Waals surface area contributed by atoms with Crippen LogP contribution in [-0.2, 0) is 6.54 Å². The third kappa shape index (κ3) is 3.27. The summed E-state index contributed by atoms with van der Waals surface area (Å²) < 4.78 is 4.60. The number of hydrogen-bond acceptors (Lipinski definition) is 3. The fraction of sp³-hybridized carbons (Fsp3) is 0.0769. The van der Waals surface area contributed by atoms with Crippen LogP contribution in [0.2, 0.25) is 10.0 Å². The summed E-state index contributed by atoms with van der Waals surface area (Å²) in [5.74, 6) is 0. The molecule has 0 spiro atoms. The van der Waals surface area contributed by atoms with Crippen molar-refractivity contribution >= 4 is 67.5 Å². The molecule has 0 N–H and O–H groups in total. The predicted octanol–water partition coefficient (Wildman–Crippen LogP) is 6.08. The van der Waals surface area contributed by atoms with Crippen molar-refractivity contribution in [2.24, 2.45) is 0 Å². The molecule has 0 atom stereocenters. The number of para-hydroxylation sites is 3. The van der Waals surface area contributed by atoms with Gasteiger partial charge in [0, 0.05) is 38.8 Å². The maximum atomic E-state index is 13.3. The van der Waals surface area contributed by atoms with Crippen molar-refractivity contribution in [1.82, 2.24) is 14.0 Å². The lowest BCUT2D eigenvalue weighted by Crippen LogP contribution is -2.22. The highest BCUT2D eigenvalue weighted by atomic mass is 35.5. The Kier molecular flexibility index (Phi) is 4.80. The highest BCUT2D eigenvalue weighted by Gasteiger charge is 2.16. The van der Waals surface area contributed by atoms with E-state index in [9.17, 15) is 4.79 Å². The monoisotopic (exact) mass is 489 g/mol. The van der Waals surface area contributed by atoms with E-state index < -0.39 is 0 Å². The highest BCUT2D eigenvalue weighted by Crippen LogP contribution is 2.29. The van der Waals surface area contributed by atoms with Crippen LogP contribution in [0.3, 0.4) is 0 Å². The third-order valence-electron chi connectivity index (χ3n) is 6.04. The number of hydrogen-bond donors (Lipinski definition) is 0. The summed E-state index contributed by atoms with van der Waals surface area (Å²) in [6.45, 7) is 2.69. The van der Waals surface area contributed by atoms with E-state index in [1.807, 2.05) is 54.6 Å². The number of benzene rings is 3. The van der Waals surface area contributed by atoms with E-state index in [2.05, 4.69) is 28.6 Å². The zero-order valence-electron chi connectivity index (χ0n) is 17.5. The van der Waals surface area contributed by atoms with Gasteiger partial charge in [0.15, 0.2) is 4.96 Å². The second-order valence-electron chi connectivity index (χ2n) is 7.97. The van der Waals surface area contributed by atoms with Gasteiger partial charge in [-0.15, -0.1) is 0 Å². The molecule has 3 heterocycles. The van der Waals surface area contributed by atoms with Crippen LogP contribution in [0.15, 0.2) is 71.5 Å². The van der Waals surface area contributed by atoms with E-state index in [0.29, 0.717) is 26.1 Å². The summed E-state index contributed by atoms with van der Waals surface area (Å²) >= 11 is 14.0. The Morgan fingerprint density at radius 3 is 2.58 bits per heavy atom. The quantitative estimate of drug-likeness (QED) is 0.302. The largest absolute Gasteiger partial charge is 0.340 e. The summed E-state index contributed by atoms with van der Waals surface area (Å²) in [6.07, 6.45) is 1.99. The van der Waals surface area contributed by atoms with Crippen molar-refractivity contribution in [3.05, 3.63) is 108 Å². The molecule has 162 valence electrons. The molecule has 0 saturated heterocycles. The molecule has 3 aromatic carbocycles. The van der Waals surface area contributed by atoms with E-state index >= 15 is 0 Å². The molecule has 0 bridgehead atoms. The highest BCUT2D eigenvalue weighted by molar-refractivity contribution is 7.15. The summed E-state index contributed by atoms with van der Waals surface area (Å²) in [5.41, 5.74) is 5.80. The lowest BCUT2D eigenvalue weighted by molar-refractivity contribution is 0.804. The fourth-order valence-electron chi connectivity index (χ4n) is 4.41. The van der Waals surface area contributed by atoms with Crippen molar-refractivity contribution < 1.29 is 0 Å². The van der Waals surface area contributed by atoms with E-state index in [-0.39, 0.29) is 5.56 Å². The minimum absolute atomic E-state index is 0.0410. The van der Waals surface area contributed by atoms with Gasteiger partial charge in [0.25, 0.3) is 5.56 Å². The molecule has 33 heavy (non-hydrogen) atoms. The minimum Gasteiger partial charge on any atom is -0.340 e. The number of aromatic nitrogens is 3. The number of imidazole rings is 1. The first-order valence-corrected chi connectivity index (χ1v) is 12.0. The molecule has 0 fully saturated rings. The number of nitrogens with zero attached hydrogens (tertiary/aromatic N) is 3. The predicted molar refractivity (Wildman–Crippen MR) is 138 cm³/mol. The van der Waals surface area contributed by atoms with Crippen molar-refractivity contribution in [3.8, 4) is 0 Å². The first-order valence-electron chi connectivity index (χ1n) is 10.4. The summed E-state index contributed by atoms with van der Waals surface area (Å²) in [4.78, 5) is 18.6. The van der Waals surface area contributed by atoms with Gasteiger partial charge in [-0.3, -0.25) is 4.79 Å². The number of halogens is 2. The molecule has 0 unspecified atom stereocenters. The van der Waals surface area contributed by atoms with Crippen molar-refractivity contribution in [2.45, 2.75) is 13.5 Å². The average molecular weight is 490 g/mol. The summed E-state index contributed by atoms with van der Waals surface area (Å²) in [7, 11) is 0. The number of rotatable bonds is 3. The Balaban J connectivity index is 1.56. The van der Waals surface area contributed by atoms with Crippen LogP contribution in [0.5, 0.6) is 0 Å². The standard InChI is InChI=1S/C26H17Cl2N3OS/c1-15-19(13-24-25(32)31-23-9-5-3-7-21(23)29-26(31)33-24)18-6-2-4-8-22(18)30(15)14-16-10-11-17(27)12-20(16)28/h2-13H,14H2,1H3/b24-13-. The zero-order valence-corrected chi connectivity index (χ0v) is 19.9. The zero-order chi connectivity index (χ0) is 22.7. The molecule has 0 aliphatic rings. The Labute approximate surface area is 202 Å². The maximum Gasteiger partial charge on any atom is 0.274 e. The van der Waals surface area contributed by atoms with Gasteiger partial charge < -0.3 is 4.57 Å². The minimum atomic E-state index is -0.0410. The first-order chi connectivity index (χ1) is 16.0. The van der Waals surface area contributed by atoms with Gasteiger partial charge in [-0.2, -0.15) is 0 Å². The maximum absolute atomic E-state index is 13.3. The Morgan fingerprint density at radius 1 is 1.00 bits per heavy atom. The van der Waals surface area contributed by atoms with Crippen LogP contribution in [0, 0.1) is 6.92 Å². The molecule has 6 rings (SSSR count). The van der Waals surface area contributed by atoms with Crippen molar-refractivity contribution in [1.29, 1.82) is 0 Å². The molecular formula is C26H17Cl2N3OS. The molecule has 0 radical (unpaired) electrons. The average Bonchev–Trinajstić information content (AvgIpc) is 3.41. The van der Waals surface area contributed by atoms with Gasteiger partial charge in [-0.05, 0) is 48.9 Å². The van der Waals surface area contributed by atoms with Crippen LogP contribution >= 0.6 is 34.5 Å². The van der Waals surface area contributed by atoms with E-state index in [4.69, 9.17) is 23.2 Å². The first kappa shape index (κ1) is 20.5. The lowest BCUT2D eigenvalue weighted by Gasteiger charge is -2.10. The molecule has 6 aromatic rings. The van der Waals surface area contributed by atoms with Crippen LogP contribution < -0.4 is 10.1 Å². The molecule has 4 nitrogen and oxygen atoms in total. The van der Waals surface area contributed by atoms with Crippen molar-refractivity contribution in [2.75, 3.05) is 0 Å². The molecule has 0 aliphatic heterocycles. The Morgan fingerprint density at radius 2 is 1.76 bits per heavy atom. The number of fused-ring (bicyclic) bond motifs is 4. The molecule has 0 aliphatic carbocycles. The summed E-state index contributed by atoms with van der Waals surface area (Å²) in [5, 5.41) is 2.35. The SMILES string of the molecule is Cc1c(/C=c2\sc3nc4ccccc4n3c2=O)c2ccccc2n1Cc1ccc(Cl)cc1Cl. The fourth-order valence-corrected chi connectivity index (χ4v) is 5.84. The Bertz CT molecular complexity index is 1810. The smallest absolute Gasteiger partial charge is 0.274 e. The Hall–Kier alpha value is -3.12. The lowest BCUT2D eigenvalue weighted by atomic mass is 10.1. The molecule has 0 saturated carbocycles. The topological polar surface area (TPSA) is 39.3 Å². The van der Waals surface area contributed by atoms with Crippen LogP contribution in [0.4, 0.5) is 0 Å². The van der Waals surface area contributed by atoms with Crippen molar-refractivity contribution in [3.63, 3.8) is 0 Å². The summed E-state index contributed by atoms with van der Waals surface area (Å²) in [6, 6.07) is 21.5. The third-order valence-corrected chi connectivity index (χ3v) is 7.60. The second-order valence-corrected chi connectivity index (χ2v) is 9.83. The second kappa shape index (κ2) is 7.73.